The highest BCUT2D eigenvalue weighted by Crippen LogP contribution is 2.33. The Labute approximate surface area is 225 Å². The number of hydrogen-bond donors (Lipinski definition) is 2. The molecule has 3 aromatic carbocycles. The molecule has 6 rings (SSSR count). The molecular formula is C29H23F3N6O2. The molecule has 0 spiro atoms. The van der Waals surface area contributed by atoms with Crippen molar-refractivity contribution < 1.29 is 22.5 Å². The number of anilines is 1. The standard InChI is InChI=1S/C29H23F3N6O2/c1-37(2)15-17-5-3-4-6-19(17)16-7-9-20-22(14-34-23(20)11-16)27(39)24-13-26(29(30,31)32)35-38(24)18-8-10-25-21(12-18)28(33)36-40-25/h3-14,34H,15H2,1-2H3,(H2,33,36). The summed E-state index contributed by atoms with van der Waals surface area (Å²) in [4.78, 5) is 19.0. The van der Waals surface area contributed by atoms with Crippen LogP contribution in [0, 0.1) is 0 Å². The maximum absolute atomic E-state index is 13.8. The molecule has 11 heteroatoms. The lowest BCUT2D eigenvalue weighted by Crippen LogP contribution is -2.11. The van der Waals surface area contributed by atoms with Crippen LogP contribution in [0.4, 0.5) is 19.0 Å². The first kappa shape index (κ1) is 25.4. The van der Waals surface area contributed by atoms with Gasteiger partial charge in [0.25, 0.3) is 0 Å². The zero-order valence-corrected chi connectivity index (χ0v) is 21.5. The minimum atomic E-state index is -4.75. The Bertz CT molecular complexity index is 1900. The molecule has 0 aliphatic heterocycles. The Balaban J connectivity index is 1.44. The van der Waals surface area contributed by atoms with Crippen LogP contribution in [-0.4, -0.2) is 44.7 Å². The number of aromatic nitrogens is 4. The number of benzene rings is 3. The van der Waals surface area contributed by atoms with Gasteiger partial charge >= 0.3 is 6.18 Å². The number of nitrogen functional groups attached to an aromatic ring is 1. The minimum absolute atomic E-state index is 0.0764. The van der Waals surface area contributed by atoms with Gasteiger partial charge in [-0.1, -0.05) is 41.6 Å². The number of alkyl halides is 3. The number of fused-ring (bicyclic) bond motifs is 2. The molecule has 0 unspecified atom stereocenters. The van der Waals surface area contributed by atoms with Gasteiger partial charge in [-0.25, -0.2) is 4.68 Å². The van der Waals surface area contributed by atoms with Gasteiger partial charge in [-0.05, 0) is 55.1 Å². The molecule has 3 N–H and O–H groups in total. The van der Waals surface area contributed by atoms with E-state index in [1.54, 1.807) is 6.07 Å². The van der Waals surface area contributed by atoms with Gasteiger partial charge in [-0.15, -0.1) is 0 Å². The highest BCUT2D eigenvalue weighted by molar-refractivity contribution is 6.16. The Kier molecular flexibility index (Phi) is 5.95. The highest BCUT2D eigenvalue weighted by Gasteiger charge is 2.36. The molecular weight excluding hydrogens is 521 g/mol. The lowest BCUT2D eigenvalue weighted by atomic mass is 9.97. The van der Waals surface area contributed by atoms with Crippen LogP contribution in [0.25, 0.3) is 38.7 Å². The number of carbonyl (C=O) groups excluding carboxylic acids is 1. The van der Waals surface area contributed by atoms with Gasteiger partial charge in [0.1, 0.15) is 5.69 Å². The van der Waals surface area contributed by atoms with Crippen LogP contribution in [0.5, 0.6) is 0 Å². The number of halogens is 3. The van der Waals surface area contributed by atoms with Crippen LogP contribution in [0.3, 0.4) is 0 Å². The summed E-state index contributed by atoms with van der Waals surface area (Å²) in [5.41, 5.74) is 9.02. The summed E-state index contributed by atoms with van der Waals surface area (Å²) < 4.78 is 47.2. The molecule has 0 bridgehead atoms. The summed E-state index contributed by atoms with van der Waals surface area (Å²) >= 11 is 0. The third-order valence-corrected chi connectivity index (χ3v) is 6.70. The predicted molar refractivity (Wildman–Crippen MR) is 145 cm³/mol. The SMILES string of the molecule is CN(C)Cc1ccccc1-c1ccc2c(C(=O)c3cc(C(F)(F)F)nn3-c3ccc4onc(N)c4c3)c[nH]c2c1. The van der Waals surface area contributed by atoms with E-state index in [9.17, 15) is 18.0 Å². The van der Waals surface area contributed by atoms with Crippen molar-refractivity contribution in [1.82, 2.24) is 24.8 Å². The lowest BCUT2D eigenvalue weighted by molar-refractivity contribution is -0.141. The average molecular weight is 545 g/mol. The number of carbonyl (C=O) groups is 1. The van der Waals surface area contributed by atoms with Gasteiger partial charge < -0.3 is 20.1 Å². The van der Waals surface area contributed by atoms with E-state index in [1.165, 1.54) is 24.4 Å². The molecule has 202 valence electrons. The molecule has 3 heterocycles. The first-order chi connectivity index (χ1) is 19.1. The zero-order chi connectivity index (χ0) is 28.2. The van der Waals surface area contributed by atoms with Crippen LogP contribution >= 0.6 is 0 Å². The second kappa shape index (κ2) is 9.38. The number of aromatic amines is 1. The largest absolute Gasteiger partial charge is 0.435 e. The van der Waals surface area contributed by atoms with Gasteiger partial charge in [0.15, 0.2) is 17.1 Å². The summed E-state index contributed by atoms with van der Waals surface area (Å²) in [7, 11) is 3.99. The summed E-state index contributed by atoms with van der Waals surface area (Å²) in [6.07, 6.45) is -3.25. The van der Waals surface area contributed by atoms with Crippen LogP contribution in [0.15, 0.2) is 77.4 Å². The van der Waals surface area contributed by atoms with Crippen molar-refractivity contribution in [3.63, 3.8) is 0 Å². The monoisotopic (exact) mass is 544 g/mol. The molecule has 8 nitrogen and oxygen atoms in total. The van der Waals surface area contributed by atoms with Crippen molar-refractivity contribution in [1.29, 1.82) is 0 Å². The second-order valence-electron chi connectivity index (χ2n) is 9.76. The van der Waals surface area contributed by atoms with Crippen molar-refractivity contribution in [2.45, 2.75) is 12.7 Å². The van der Waals surface area contributed by atoms with E-state index in [-0.39, 0.29) is 22.8 Å². The molecule has 0 atom stereocenters. The Hall–Kier alpha value is -4.90. The molecule has 0 saturated heterocycles. The fraction of sp³-hybridized carbons (Fsp3) is 0.138. The lowest BCUT2D eigenvalue weighted by Gasteiger charge is -2.14. The normalized spacial score (nSPS) is 12.2. The van der Waals surface area contributed by atoms with Crippen LogP contribution in [0.1, 0.15) is 27.3 Å². The number of nitrogens with two attached hydrogens (primary N) is 1. The minimum Gasteiger partial charge on any atom is -0.380 e. The van der Waals surface area contributed by atoms with Crippen molar-refractivity contribution in [3.05, 3.63) is 95.4 Å². The predicted octanol–water partition coefficient (Wildman–Crippen LogP) is 6.06. The summed E-state index contributed by atoms with van der Waals surface area (Å²) in [5.74, 6) is -0.541. The molecule has 3 aromatic heterocycles. The van der Waals surface area contributed by atoms with Crippen LogP contribution < -0.4 is 5.73 Å². The van der Waals surface area contributed by atoms with E-state index in [1.807, 2.05) is 44.4 Å². The molecule has 0 aliphatic carbocycles. The molecule has 0 aliphatic rings. The molecule has 40 heavy (non-hydrogen) atoms. The van der Waals surface area contributed by atoms with Gasteiger partial charge in [0.2, 0.25) is 5.78 Å². The number of nitrogens with one attached hydrogen (secondary N) is 1. The van der Waals surface area contributed by atoms with E-state index < -0.39 is 17.7 Å². The smallest absolute Gasteiger partial charge is 0.380 e. The number of nitrogens with zero attached hydrogens (tertiary/aromatic N) is 4. The van der Waals surface area contributed by atoms with Crippen molar-refractivity contribution in [2.24, 2.45) is 0 Å². The van der Waals surface area contributed by atoms with E-state index in [4.69, 9.17) is 10.3 Å². The van der Waals surface area contributed by atoms with E-state index >= 15 is 0 Å². The molecule has 0 saturated carbocycles. The Morgan fingerprint density at radius 2 is 1.85 bits per heavy atom. The van der Waals surface area contributed by atoms with Gasteiger partial charge in [-0.2, -0.15) is 18.3 Å². The summed E-state index contributed by atoms with van der Waals surface area (Å²) in [6, 6.07) is 18.9. The fourth-order valence-corrected chi connectivity index (χ4v) is 4.86. The van der Waals surface area contributed by atoms with E-state index in [0.29, 0.717) is 21.9 Å². The Morgan fingerprint density at radius 1 is 1.05 bits per heavy atom. The van der Waals surface area contributed by atoms with Gasteiger partial charge in [0, 0.05) is 35.3 Å². The maximum atomic E-state index is 13.8. The third-order valence-electron chi connectivity index (χ3n) is 6.70. The quantitative estimate of drug-likeness (QED) is 0.247. The van der Waals surface area contributed by atoms with Crippen LogP contribution in [0.2, 0.25) is 0 Å². The van der Waals surface area contributed by atoms with Gasteiger partial charge in [-0.3, -0.25) is 4.79 Å². The van der Waals surface area contributed by atoms with Crippen molar-refractivity contribution >= 4 is 33.5 Å². The molecule has 0 fully saturated rings. The first-order valence-electron chi connectivity index (χ1n) is 12.3. The number of H-pyrrole nitrogens is 1. The van der Waals surface area contributed by atoms with Crippen molar-refractivity contribution in [3.8, 4) is 16.8 Å². The Morgan fingerprint density at radius 3 is 2.62 bits per heavy atom. The second-order valence-corrected chi connectivity index (χ2v) is 9.76. The van der Waals surface area contributed by atoms with Crippen LogP contribution in [-0.2, 0) is 12.7 Å². The highest BCUT2D eigenvalue weighted by atomic mass is 19.4. The molecule has 0 radical (unpaired) electrons. The topological polar surface area (TPSA) is 106 Å². The number of ketones is 1. The molecule has 6 aromatic rings. The maximum Gasteiger partial charge on any atom is 0.435 e. The third kappa shape index (κ3) is 4.39. The molecule has 0 amide bonds. The first-order valence-corrected chi connectivity index (χ1v) is 12.3. The summed E-state index contributed by atoms with van der Waals surface area (Å²) in [6.45, 7) is 0.751. The summed E-state index contributed by atoms with van der Waals surface area (Å²) in [5, 5.41) is 8.39. The zero-order valence-electron chi connectivity index (χ0n) is 21.5. The fourth-order valence-electron chi connectivity index (χ4n) is 4.86. The number of hydrogen-bond acceptors (Lipinski definition) is 6. The number of rotatable bonds is 6. The van der Waals surface area contributed by atoms with Crippen molar-refractivity contribution in [2.75, 3.05) is 19.8 Å². The van der Waals surface area contributed by atoms with Gasteiger partial charge in [0.05, 0.1) is 11.1 Å². The average Bonchev–Trinajstić information content (AvgIpc) is 3.65. The van der Waals surface area contributed by atoms with E-state index in [2.05, 4.69) is 26.2 Å². The van der Waals surface area contributed by atoms with E-state index in [0.717, 1.165) is 34.0 Å².